The predicted molar refractivity (Wildman–Crippen MR) is 79.5 cm³/mol. The number of halogens is 3. The minimum absolute atomic E-state index is 0.0529. The summed E-state index contributed by atoms with van der Waals surface area (Å²) in [4.78, 5) is 12.5. The van der Waals surface area contributed by atoms with E-state index in [9.17, 15) is 18.0 Å². The van der Waals surface area contributed by atoms with Gasteiger partial charge in [-0.1, -0.05) is 0 Å². The van der Waals surface area contributed by atoms with Gasteiger partial charge in [-0.2, -0.15) is 13.2 Å². The third kappa shape index (κ3) is 4.01. The molecule has 0 radical (unpaired) electrons. The Balaban J connectivity index is 2.26. The van der Waals surface area contributed by atoms with Crippen LogP contribution < -0.4 is 16.8 Å². The number of rotatable bonds is 4. The molecule has 0 spiro atoms. The summed E-state index contributed by atoms with van der Waals surface area (Å²) in [5, 5.41) is 2.56. The predicted octanol–water partition coefficient (Wildman–Crippen LogP) is 1.86. The van der Waals surface area contributed by atoms with Gasteiger partial charge in [0.25, 0.3) is 0 Å². The molecule has 0 bridgehead atoms. The molecule has 1 fully saturated rings. The van der Waals surface area contributed by atoms with E-state index in [1.54, 1.807) is 0 Å². The molecule has 0 aliphatic carbocycles. The topological polar surface area (TPSA) is 90.4 Å². The summed E-state index contributed by atoms with van der Waals surface area (Å²) in [6, 6.07) is 3.32. The maximum atomic E-state index is 12.9. The third-order valence-corrected chi connectivity index (χ3v) is 4.14. The van der Waals surface area contributed by atoms with Crippen molar-refractivity contribution >= 4 is 11.6 Å². The zero-order chi connectivity index (χ0) is 17.1. The van der Waals surface area contributed by atoms with E-state index in [1.165, 1.54) is 6.07 Å². The van der Waals surface area contributed by atoms with E-state index in [0.29, 0.717) is 31.6 Å². The average molecular weight is 331 g/mol. The first kappa shape index (κ1) is 17.7. The first-order valence-corrected chi connectivity index (χ1v) is 7.31. The molecule has 1 heterocycles. The highest BCUT2D eigenvalue weighted by atomic mass is 19.4. The van der Waals surface area contributed by atoms with Crippen LogP contribution in [0.3, 0.4) is 0 Å². The quantitative estimate of drug-likeness (QED) is 0.785. The number of alkyl halides is 3. The molecule has 8 heteroatoms. The van der Waals surface area contributed by atoms with Gasteiger partial charge in [0.2, 0.25) is 5.91 Å². The third-order valence-electron chi connectivity index (χ3n) is 4.14. The number of nitrogens with one attached hydrogen (secondary N) is 1. The zero-order valence-corrected chi connectivity index (χ0v) is 12.6. The Kier molecular flexibility index (Phi) is 5.28. The Morgan fingerprint density at radius 2 is 1.87 bits per heavy atom. The van der Waals surface area contributed by atoms with Crippen molar-refractivity contribution < 1.29 is 22.7 Å². The fourth-order valence-corrected chi connectivity index (χ4v) is 2.60. The Morgan fingerprint density at radius 1 is 1.22 bits per heavy atom. The van der Waals surface area contributed by atoms with E-state index in [4.69, 9.17) is 16.2 Å². The normalized spacial score (nSPS) is 17.8. The maximum absolute atomic E-state index is 12.9. The van der Waals surface area contributed by atoms with Crippen molar-refractivity contribution in [2.75, 3.05) is 25.1 Å². The molecule has 1 aliphatic rings. The minimum Gasteiger partial charge on any atom is -0.381 e. The molecule has 5 nitrogen and oxygen atoms in total. The summed E-state index contributed by atoms with van der Waals surface area (Å²) in [6.07, 6.45) is -3.62. The highest BCUT2D eigenvalue weighted by molar-refractivity contribution is 5.95. The number of ether oxygens (including phenoxy) is 1. The van der Waals surface area contributed by atoms with Gasteiger partial charge in [-0.15, -0.1) is 0 Å². The Bertz CT molecular complexity index is 570. The lowest BCUT2D eigenvalue weighted by atomic mass is 9.79. The summed E-state index contributed by atoms with van der Waals surface area (Å²) in [5.74, 6) is -0.384. The van der Waals surface area contributed by atoms with Crippen LogP contribution in [-0.4, -0.2) is 25.7 Å². The monoisotopic (exact) mass is 331 g/mol. The number of nitrogens with two attached hydrogens (primary N) is 2. The van der Waals surface area contributed by atoms with Gasteiger partial charge in [0.15, 0.2) is 0 Å². The Hall–Kier alpha value is -1.64. The fraction of sp³-hybridized carbons (Fsp3) is 0.533. The molecule has 1 saturated heterocycles. The van der Waals surface area contributed by atoms with E-state index in [0.717, 1.165) is 12.1 Å². The lowest BCUT2D eigenvalue weighted by Crippen LogP contribution is -2.46. The number of carbonyl (C=O) groups is 1. The van der Waals surface area contributed by atoms with Gasteiger partial charge in [-0.05, 0) is 36.6 Å². The first-order chi connectivity index (χ1) is 10.8. The van der Waals surface area contributed by atoms with Crippen molar-refractivity contribution in [3.8, 4) is 0 Å². The summed E-state index contributed by atoms with van der Waals surface area (Å²) < 4.78 is 44.0. The SMILES string of the molecule is NCc1cc(NC(=O)C2(CN)CCOCC2)cc(C(F)(F)F)c1. The Morgan fingerprint density at radius 3 is 2.39 bits per heavy atom. The highest BCUT2D eigenvalue weighted by Crippen LogP contribution is 2.34. The van der Waals surface area contributed by atoms with Gasteiger partial charge in [0, 0.05) is 32.0 Å². The van der Waals surface area contributed by atoms with Crippen LogP contribution in [0.25, 0.3) is 0 Å². The van der Waals surface area contributed by atoms with Gasteiger partial charge >= 0.3 is 6.18 Å². The van der Waals surface area contributed by atoms with Crippen molar-refractivity contribution in [2.24, 2.45) is 16.9 Å². The van der Waals surface area contributed by atoms with Crippen molar-refractivity contribution in [3.63, 3.8) is 0 Å². The van der Waals surface area contributed by atoms with E-state index in [2.05, 4.69) is 5.32 Å². The molecule has 0 saturated carbocycles. The van der Waals surface area contributed by atoms with Crippen LogP contribution in [0.1, 0.15) is 24.0 Å². The molecule has 128 valence electrons. The number of benzene rings is 1. The van der Waals surface area contributed by atoms with E-state index >= 15 is 0 Å². The number of carbonyl (C=O) groups excluding carboxylic acids is 1. The van der Waals surface area contributed by atoms with Crippen LogP contribution in [-0.2, 0) is 22.3 Å². The standard InChI is InChI=1S/C15H20F3N3O2/c16-15(17,18)11-5-10(8-19)6-12(7-11)21-13(22)14(9-20)1-3-23-4-2-14/h5-7H,1-4,8-9,19-20H2,(H,21,22). The number of hydrogen-bond acceptors (Lipinski definition) is 4. The second-order valence-electron chi connectivity index (χ2n) is 5.67. The van der Waals surface area contributed by atoms with Crippen LogP contribution in [0.15, 0.2) is 18.2 Å². The second-order valence-corrected chi connectivity index (χ2v) is 5.67. The van der Waals surface area contributed by atoms with Crippen LogP contribution >= 0.6 is 0 Å². The molecule has 1 aromatic carbocycles. The summed E-state index contributed by atoms with van der Waals surface area (Å²) >= 11 is 0. The molecule has 0 aromatic heterocycles. The molecule has 2 rings (SSSR count). The van der Waals surface area contributed by atoms with E-state index in [1.807, 2.05) is 0 Å². The number of amides is 1. The molecule has 1 aliphatic heterocycles. The molecular formula is C15H20F3N3O2. The smallest absolute Gasteiger partial charge is 0.381 e. The molecule has 1 amide bonds. The first-order valence-electron chi connectivity index (χ1n) is 7.31. The van der Waals surface area contributed by atoms with Crippen molar-refractivity contribution in [1.82, 2.24) is 0 Å². The lowest BCUT2D eigenvalue weighted by molar-refractivity contribution is -0.137. The van der Waals surface area contributed by atoms with Gasteiger partial charge in [0.05, 0.1) is 11.0 Å². The van der Waals surface area contributed by atoms with Crippen molar-refractivity contribution in [3.05, 3.63) is 29.3 Å². The van der Waals surface area contributed by atoms with Gasteiger partial charge < -0.3 is 21.5 Å². The summed E-state index contributed by atoms with van der Waals surface area (Å²) in [5.41, 5.74) is 9.89. The minimum atomic E-state index is -4.51. The molecule has 5 N–H and O–H groups in total. The van der Waals surface area contributed by atoms with E-state index < -0.39 is 17.2 Å². The molecule has 1 aromatic rings. The molecular weight excluding hydrogens is 311 g/mol. The zero-order valence-electron chi connectivity index (χ0n) is 12.6. The second kappa shape index (κ2) is 6.86. The lowest BCUT2D eigenvalue weighted by Gasteiger charge is -2.34. The number of hydrogen-bond donors (Lipinski definition) is 3. The molecule has 0 atom stereocenters. The van der Waals surface area contributed by atoms with Crippen LogP contribution in [0.2, 0.25) is 0 Å². The van der Waals surface area contributed by atoms with Crippen LogP contribution in [0.5, 0.6) is 0 Å². The summed E-state index contributed by atoms with van der Waals surface area (Å²) in [6.45, 7) is 0.871. The highest BCUT2D eigenvalue weighted by Gasteiger charge is 2.39. The van der Waals surface area contributed by atoms with Crippen LogP contribution in [0.4, 0.5) is 18.9 Å². The molecule has 23 heavy (non-hydrogen) atoms. The fourth-order valence-electron chi connectivity index (χ4n) is 2.60. The summed E-state index contributed by atoms with van der Waals surface area (Å²) in [7, 11) is 0. The van der Waals surface area contributed by atoms with Crippen molar-refractivity contribution in [2.45, 2.75) is 25.6 Å². The maximum Gasteiger partial charge on any atom is 0.416 e. The van der Waals surface area contributed by atoms with Gasteiger partial charge in [-0.25, -0.2) is 0 Å². The average Bonchev–Trinajstić information content (AvgIpc) is 2.54. The Labute approximate surface area is 132 Å². The number of anilines is 1. The van der Waals surface area contributed by atoms with Gasteiger partial charge in [0.1, 0.15) is 0 Å². The molecule has 0 unspecified atom stereocenters. The van der Waals surface area contributed by atoms with Gasteiger partial charge in [-0.3, -0.25) is 4.79 Å². The van der Waals surface area contributed by atoms with E-state index in [-0.39, 0.29) is 24.7 Å². The van der Waals surface area contributed by atoms with Crippen LogP contribution in [0, 0.1) is 5.41 Å². The largest absolute Gasteiger partial charge is 0.416 e. The van der Waals surface area contributed by atoms with Crippen molar-refractivity contribution in [1.29, 1.82) is 0 Å².